The normalized spacial score (nSPS) is 29.7. The first-order valence-corrected chi connectivity index (χ1v) is 13.4. The summed E-state index contributed by atoms with van der Waals surface area (Å²) in [6.45, 7) is 2.29. The summed E-state index contributed by atoms with van der Waals surface area (Å²) in [6, 6.07) is 29.1. The predicted molar refractivity (Wildman–Crippen MR) is 141 cm³/mol. The van der Waals surface area contributed by atoms with Crippen molar-refractivity contribution in [3.63, 3.8) is 0 Å². The molecule has 0 unspecified atom stereocenters. The highest BCUT2D eigenvalue weighted by molar-refractivity contribution is 5.89. The number of benzene rings is 3. The molecule has 1 saturated heterocycles. The predicted octanol–water partition coefficient (Wildman–Crippen LogP) is 6.44. The minimum Gasteiger partial charge on any atom is -0.497 e. The molecular weight excluding hydrogens is 446 g/mol. The molecule has 1 heterocycles. The Bertz CT molecular complexity index is 1120. The quantitative estimate of drug-likeness (QED) is 0.380. The fourth-order valence-corrected chi connectivity index (χ4v) is 7.36. The average molecular weight is 482 g/mol. The van der Waals surface area contributed by atoms with Crippen LogP contribution in [0.1, 0.15) is 65.4 Å². The maximum atomic E-state index is 13.4. The Hall–Kier alpha value is -3.11. The van der Waals surface area contributed by atoms with Gasteiger partial charge in [-0.15, -0.1) is 0 Å². The van der Waals surface area contributed by atoms with Crippen LogP contribution in [0.5, 0.6) is 5.75 Å². The molecule has 0 radical (unpaired) electrons. The summed E-state index contributed by atoms with van der Waals surface area (Å²) in [7, 11) is 1.64. The summed E-state index contributed by atoms with van der Waals surface area (Å²) in [5.74, 6) is 1.47. The average Bonchev–Trinajstić information content (AvgIpc) is 3.50. The SMILES string of the molecule is COc1ccc(C(=O)O[C@@H]2CC3(N4CCCC4)C[C@@H](c4ccccc4)C2[C@H](c2ccccc2)C3)cc1. The number of nitrogens with zero attached hydrogens (tertiary/aromatic N) is 1. The molecule has 3 aromatic carbocycles. The van der Waals surface area contributed by atoms with Gasteiger partial charge in [-0.1, -0.05) is 60.7 Å². The van der Waals surface area contributed by atoms with E-state index in [1.807, 2.05) is 24.3 Å². The molecule has 4 aliphatic rings. The Morgan fingerprint density at radius 3 is 1.86 bits per heavy atom. The van der Waals surface area contributed by atoms with Gasteiger partial charge in [0.05, 0.1) is 12.7 Å². The third-order valence-electron chi connectivity index (χ3n) is 8.96. The van der Waals surface area contributed by atoms with Crippen LogP contribution in [-0.2, 0) is 4.74 Å². The zero-order valence-electron chi connectivity index (χ0n) is 21.0. The van der Waals surface area contributed by atoms with Crippen molar-refractivity contribution in [3.8, 4) is 5.75 Å². The van der Waals surface area contributed by atoms with E-state index in [1.54, 1.807) is 7.11 Å². The molecular formula is C32H35NO3. The van der Waals surface area contributed by atoms with E-state index in [2.05, 4.69) is 65.6 Å². The molecule has 3 aliphatic carbocycles. The largest absolute Gasteiger partial charge is 0.497 e. The van der Waals surface area contributed by atoms with Crippen LogP contribution >= 0.6 is 0 Å². The first-order valence-electron chi connectivity index (χ1n) is 13.4. The number of fused-ring (bicyclic) bond motifs is 3. The maximum absolute atomic E-state index is 13.4. The van der Waals surface area contributed by atoms with E-state index in [0.29, 0.717) is 17.4 Å². The Kier molecular flexibility index (Phi) is 6.30. The van der Waals surface area contributed by atoms with Gasteiger partial charge in [0.15, 0.2) is 0 Å². The van der Waals surface area contributed by atoms with Crippen LogP contribution in [0.25, 0.3) is 0 Å². The summed E-state index contributed by atoms with van der Waals surface area (Å²) in [6.07, 6.45) is 5.59. The van der Waals surface area contributed by atoms with E-state index in [9.17, 15) is 4.79 Å². The lowest BCUT2D eigenvalue weighted by Crippen LogP contribution is -2.62. The summed E-state index contributed by atoms with van der Waals surface area (Å²) in [4.78, 5) is 16.2. The number of carbonyl (C=O) groups is 1. The number of methoxy groups -OCH3 is 1. The van der Waals surface area contributed by atoms with Crippen molar-refractivity contribution in [2.75, 3.05) is 20.2 Å². The molecule has 0 amide bonds. The molecule has 2 bridgehead atoms. The van der Waals surface area contributed by atoms with E-state index >= 15 is 0 Å². The lowest BCUT2D eigenvalue weighted by molar-refractivity contribution is -0.105. The second-order valence-electron chi connectivity index (χ2n) is 10.8. The summed E-state index contributed by atoms with van der Waals surface area (Å²) in [5, 5.41) is 0. The van der Waals surface area contributed by atoms with Gasteiger partial charge in [0.1, 0.15) is 11.9 Å². The van der Waals surface area contributed by atoms with Crippen molar-refractivity contribution >= 4 is 5.97 Å². The van der Waals surface area contributed by atoms with Crippen molar-refractivity contribution in [2.24, 2.45) is 5.92 Å². The van der Waals surface area contributed by atoms with Crippen molar-refractivity contribution in [2.45, 2.75) is 55.6 Å². The minimum absolute atomic E-state index is 0.0527. The first-order chi connectivity index (χ1) is 17.7. The van der Waals surface area contributed by atoms with Gasteiger partial charge >= 0.3 is 5.97 Å². The zero-order chi connectivity index (χ0) is 24.5. The molecule has 36 heavy (non-hydrogen) atoms. The smallest absolute Gasteiger partial charge is 0.338 e. The number of esters is 1. The highest BCUT2D eigenvalue weighted by Gasteiger charge is 2.59. The number of carbonyl (C=O) groups excluding carboxylic acids is 1. The fraction of sp³-hybridized carbons (Fsp3) is 0.406. The highest BCUT2D eigenvalue weighted by atomic mass is 16.5. The van der Waals surface area contributed by atoms with Gasteiger partial charge in [-0.2, -0.15) is 0 Å². The van der Waals surface area contributed by atoms with E-state index < -0.39 is 0 Å². The van der Waals surface area contributed by atoms with Crippen LogP contribution in [0.3, 0.4) is 0 Å². The molecule has 1 aliphatic heterocycles. The molecule has 4 nitrogen and oxygen atoms in total. The second kappa shape index (κ2) is 9.74. The Balaban J connectivity index is 1.40. The number of likely N-dealkylation sites (tertiary alicyclic amines) is 1. The van der Waals surface area contributed by atoms with Crippen LogP contribution in [0.15, 0.2) is 84.9 Å². The van der Waals surface area contributed by atoms with Gasteiger partial charge in [-0.25, -0.2) is 4.79 Å². The fourth-order valence-electron chi connectivity index (χ4n) is 7.36. The monoisotopic (exact) mass is 481 g/mol. The number of hydrogen-bond donors (Lipinski definition) is 0. The standard InChI is InChI=1S/C32H35NO3/c1-35-26-16-14-25(15-17-26)31(34)36-29-22-32(33-18-8-9-19-33)20-27(23-10-4-2-5-11-23)30(29)28(21-32)24-12-6-3-7-13-24/h2-7,10-17,27-30H,8-9,18-22H2,1H3/t27-,28-,29+,30?,32?/m0/s1. The van der Waals surface area contributed by atoms with Crippen molar-refractivity contribution in [1.82, 2.24) is 4.90 Å². The van der Waals surface area contributed by atoms with E-state index in [-0.39, 0.29) is 23.5 Å². The molecule has 0 spiro atoms. The highest BCUT2D eigenvalue weighted by Crippen LogP contribution is 2.61. The molecule has 0 N–H and O–H groups in total. The van der Waals surface area contributed by atoms with Gasteiger partial charge in [0.2, 0.25) is 0 Å². The van der Waals surface area contributed by atoms with Crippen LogP contribution in [0.2, 0.25) is 0 Å². The number of hydrogen-bond acceptors (Lipinski definition) is 4. The number of rotatable bonds is 6. The Labute approximate surface area is 214 Å². The molecule has 3 saturated carbocycles. The van der Waals surface area contributed by atoms with Gasteiger partial charge in [-0.3, -0.25) is 4.90 Å². The van der Waals surface area contributed by atoms with Gasteiger partial charge in [-0.05, 0) is 86.0 Å². The van der Waals surface area contributed by atoms with E-state index in [4.69, 9.17) is 9.47 Å². The van der Waals surface area contributed by atoms with Crippen LogP contribution in [0.4, 0.5) is 0 Å². The lowest BCUT2D eigenvalue weighted by Gasteiger charge is -2.61. The van der Waals surface area contributed by atoms with Crippen molar-refractivity contribution < 1.29 is 14.3 Å². The van der Waals surface area contributed by atoms with Crippen LogP contribution in [0, 0.1) is 5.92 Å². The van der Waals surface area contributed by atoms with Crippen LogP contribution < -0.4 is 4.74 Å². The summed E-state index contributed by atoms with van der Waals surface area (Å²) >= 11 is 0. The van der Waals surface area contributed by atoms with Gasteiger partial charge in [0.25, 0.3) is 0 Å². The summed E-state index contributed by atoms with van der Waals surface area (Å²) in [5.41, 5.74) is 3.38. The lowest BCUT2D eigenvalue weighted by atomic mass is 9.51. The molecule has 0 aromatic heterocycles. The molecule has 3 atom stereocenters. The first kappa shape index (κ1) is 23.3. The van der Waals surface area contributed by atoms with Crippen molar-refractivity contribution in [3.05, 3.63) is 102 Å². The molecule has 4 heteroatoms. The third-order valence-corrected chi connectivity index (χ3v) is 8.96. The number of ether oxygens (including phenoxy) is 2. The Morgan fingerprint density at radius 1 is 0.778 bits per heavy atom. The van der Waals surface area contributed by atoms with Gasteiger partial charge in [0, 0.05) is 17.9 Å². The summed E-state index contributed by atoms with van der Waals surface area (Å²) < 4.78 is 11.7. The zero-order valence-corrected chi connectivity index (χ0v) is 21.0. The molecule has 4 fully saturated rings. The van der Waals surface area contributed by atoms with E-state index in [1.165, 1.54) is 24.0 Å². The molecule has 3 aromatic rings. The van der Waals surface area contributed by atoms with Crippen molar-refractivity contribution in [1.29, 1.82) is 0 Å². The third kappa shape index (κ3) is 4.22. The minimum atomic E-state index is -0.231. The Morgan fingerprint density at radius 2 is 1.33 bits per heavy atom. The molecule has 7 rings (SSSR count). The topological polar surface area (TPSA) is 38.8 Å². The second-order valence-corrected chi connectivity index (χ2v) is 10.8. The molecule has 186 valence electrons. The van der Waals surface area contributed by atoms with Gasteiger partial charge < -0.3 is 9.47 Å². The maximum Gasteiger partial charge on any atom is 0.338 e. The van der Waals surface area contributed by atoms with Crippen LogP contribution in [-0.4, -0.2) is 42.7 Å². The van der Waals surface area contributed by atoms with E-state index in [0.717, 1.165) is 38.1 Å².